The lowest BCUT2D eigenvalue weighted by Gasteiger charge is -2.31. The summed E-state index contributed by atoms with van der Waals surface area (Å²) >= 11 is 0. The first kappa shape index (κ1) is 19.4. The first-order chi connectivity index (χ1) is 10.5. The second-order valence-electron chi connectivity index (χ2n) is 5.86. The Kier molecular flexibility index (Phi) is 8.32. The number of hydrogen-bond acceptors (Lipinski definition) is 3. The highest BCUT2D eigenvalue weighted by molar-refractivity contribution is 6.75. The zero-order valence-electron chi connectivity index (χ0n) is 15.1. The van der Waals surface area contributed by atoms with Crippen LogP contribution in [0.1, 0.15) is 56.7 Å². The van der Waals surface area contributed by atoms with Gasteiger partial charge in [0.05, 0.1) is 0 Å². The molecule has 3 nitrogen and oxygen atoms in total. The van der Waals surface area contributed by atoms with Crippen LogP contribution < -0.4 is 5.19 Å². The molecular weight excluding hydrogens is 292 g/mol. The van der Waals surface area contributed by atoms with Crippen molar-refractivity contribution in [3.05, 3.63) is 28.8 Å². The SMILES string of the molecule is CCCO[Si](OCCC)(OCCC)c1cc(C)cc(C)c1C. The summed E-state index contributed by atoms with van der Waals surface area (Å²) in [5, 5.41) is 1.14. The van der Waals surface area contributed by atoms with Crippen LogP contribution in [0.2, 0.25) is 0 Å². The second kappa shape index (κ2) is 9.45. The molecule has 22 heavy (non-hydrogen) atoms. The van der Waals surface area contributed by atoms with Crippen molar-refractivity contribution < 1.29 is 13.3 Å². The van der Waals surface area contributed by atoms with E-state index in [1.165, 1.54) is 16.7 Å². The van der Waals surface area contributed by atoms with Crippen LogP contribution in [-0.4, -0.2) is 28.6 Å². The van der Waals surface area contributed by atoms with Crippen molar-refractivity contribution in [1.29, 1.82) is 0 Å². The van der Waals surface area contributed by atoms with Gasteiger partial charge in [-0.3, -0.25) is 0 Å². The van der Waals surface area contributed by atoms with Crippen molar-refractivity contribution >= 4 is 14.0 Å². The predicted molar refractivity (Wildman–Crippen MR) is 94.8 cm³/mol. The van der Waals surface area contributed by atoms with Gasteiger partial charge in [-0.25, -0.2) is 0 Å². The van der Waals surface area contributed by atoms with Gasteiger partial charge >= 0.3 is 8.80 Å². The van der Waals surface area contributed by atoms with E-state index in [0.29, 0.717) is 19.8 Å². The molecule has 0 aliphatic rings. The fraction of sp³-hybridized carbons (Fsp3) is 0.667. The van der Waals surface area contributed by atoms with E-state index in [1.807, 2.05) is 0 Å². The molecule has 0 aromatic heterocycles. The normalized spacial score (nSPS) is 11.9. The Balaban J connectivity index is 3.30. The molecule has 0 radical (unpaired) electrons. The third kappa shape index (κ3) is 4.91. The van der Waals surface area contributed by atoms with Crippen LogP contribution in [0.3, 0.4) is 0 Å². The highest BCUT2D eigenvalue weighted by Gasteiger charge is 2.45. The Labute approximate surface area is 137 Å². The number of hydrogen-bond donors (Lipinski definition) is 0. The van der Waals surface area contributed by atoms with Crippen LogP contribution >= 0.6 is 0 Å². The summed E-state index contributed by atoms with van der Waals surface area (Å²) in [6, 6.07) is 4.40. The summed E-state index contributed by atoms with van der Waals surface area (Å²) in [5.74, 6) is 0. The minimum Gasteiger partial charge on any atom is -0.370 e. The van der Waals surface area contributed by atoms with E-state index < -0.39 is 8.80 Å². The fourth-order valence-corrected chi connectivity index (χ4v) is 5.62. The van der Waals surface area contributed by atoms with Gasteiger partial charge in [0.15, 0.2) is 0 Å². The molecule has 1 rings (SSSR count). The van der Waals surface area contributed by atoms with E-state index in [0.717, 1.165) is 24.4 Å². The summed E-state index contributed by atoms with van der Waals surface area (Å²) in [7, 11) is -2.84. The Morgan fingerprint density at radius 1 is 0.773 bits per heavy atom. The van der Waals surface area contributed by atoms with E-state index in [9.17, 15) is 0 Å². The summed E-state index contributed by atoms with van der Waals surface area (Å²) in [5.41, 5.74) is 3.74. The maximum absolute atomic E-state index is 6.25. The minimum absolute atomic E-state index is 0.673. The van der Waals surface area contributed by atoms with Gasteiger partial charge in [0.25, 0.3) is 0 Å². The molecule has 0 bridgehead atoms. The van der Waals surface area contributed by atoms with Gasteiger partial charge in [-0.1, -0.05) is 38.5 Å². The topological polar surface area (TPSA) is 27.7 Å². The molecule has 0 aliphatic heterocycles. The molecule has 1 aromatic carbocycles. The lowest BCUT2D eigenvalue weighted by molar-refractivity contribution is 0.0730. The monoisotopic (exact) mass is 324 g/mol. The first-order valence-electron chi connectivity index (χ1n) is 8.50. The van der Waals surface area contributed by atoms with Crippen molar-refractivity contribution in [2.24, 2.45) is 0 Å². The Hall–Kier alpha value is -0.683. The van der Waals surface area contributed by atoms with Crippen molar-refractivity contribution in [3.8, 4) is 0 Å². The first-order valence-corrected chi connectivity index (χ1v) is 10.2. The highest BCUT2D eigenvalue weighted by Crippen LogP contribution is 2.18. The zero-order valence-corrected chi connectivity index (χ0v) is 16.1. The van der Waals surface area contributed by atoms with Gasteiger partial charge in [0.2, 0.25) is 0 Å². The molecule has 126 valence electrons. The average molecular weight is 325 g/mol. The largest absolute Gasteiger partial charge is 0.537 e. The number of aryl methyl sites for hydroxylation is 2. The third-order valence-corrected chi connectivity index (χ3v) is 6.56. The lowest BCUT2D eigenvalue weighted by Crippen LogP contribution is -2.58. The Bertz CT molecular complexity index is 438. The molecular formula is C18H32O3Si. The van der Waals surface area contributed by atoms with Gasteiger partial charge in [-0.15, -0.1) is 0 Å². The van der Waals surface area contributed by atoms with E-state index in [1.54, 1.807) is 0 Å². The Morgan fingerprint density at radius 3 is 1.64 bits per heavy atom. The minimum atomic E-state index is -2.84. The van der Waals surface area contributed by atoms with Gasteiger partial charge in [-0.05, 0) is 51.2 Å². The van der Waals surface area contributed by atoms with E-state index in [-0.39, 0.29) is 0 Å². The van der Waals surface area contributed by atoms with Crippen molar-refractivity contribution in [3.63, 3.8) is 0 Å². The number of rotatable bonds is 10. The van der Waals surface area contributed by atoms with Gasteiger partial charge in [0, 0.05) is 25.0 Å². The maximum Gasteiger partial charge on any atom is 0.537 e. The average Bonchev–Trinajstić information content (AvgIpc) is 2.51. The summed E-state index contributed by atoms with van der Waals surface area (Å²) < 4.78 is 18.8. The summed E-state index contributed by atoms with van der Waals surface area (Å²) in [6.45, 7) is 14.8. The second-order valence-corrected chi connectivity index (χ2v) is 8.37. The molecule has 1 aromatic rings. The van der Waals surface area contributed by atoms with Crippen LogP contribution in [0.25, 0.3) is 0 Å². The van der Waals surface area contributed by atoms with Crippen molar-refractivity contribution in [1.82, 2.24) is 0 Å². The van der Waals surface area contributed by atoms with Crippen molar-refractivity contribution in [2.75, 3.05) is 19.8 Å². The van der Waals surface area contributed by atoms with E-state index in [4.69, 9.17) is 13.3 Å². The van der Waals surface area contributed by atoms with Gasteiger partial charge in [0.1, 0.15) is 0 Å². The molecule has 0 fully saturated rings. The van der Waals surface area contributed by atoms with Crippen LogP contribution in [0.15, 0.2) is 12.1 Å². The lowest BCUT2D eigenvalue weighted by atomic mass is 10.1. The molecule has 0 unspecified atom stereocenters. The molecule has 0 amide bonds. The quantitative estimate of drug-likeness (QED) is 0.608. The zero-order chi connectivity index (χ0) is 16.6. The molecule has 0 atom stereocenters. The summed E-state index contributed by atoms with van der Waals surface area (Å²) in [6.07, 6.45) is 2.89. The smallest absolute Gasteiger partial charge is 0.370 e. The molecule has 0 aliphatic carbocycles. The third-order valence-electron chi connectivity index (χ3n) is 3.63. The fourth-order valence-electron chi connectivity index (χ4n) is 2.43. The van der Waals surface area contributed by atoms with Gasteiger partial charge in [-0.2, -0.15) is 0 Å². The maximum atomic E-state index is 6.25. The standard InChI is InChI=1S/C18H32O3Si/c1-7-10-19-22(20-11-8-2,21-12-9-3)18-14-15(4)13-16(5)17(18)6/h13-14H,7-12H2,1-6H3. The van der Waals surface area contributed by atoms with Crippen LogP contribution in [0, 0.1) is 20.8 Å². The molecule has 0 spiro atoms. The van der Waals surface area contributed by atoms with E-state index >= 15 is 0 Å². The molecule has 0 N–H and O–H groups in total. The molecule has 0 saturated heterocycles. The predicted octanol–water partition coefficient (Wildman–Crippen LogP) is 4.04. The summed E-state index contributed by atoms with van der Waals surface area (Å²) in [4.78, 5) is 0. The van der Waals surface area contributed by atoms with Crippen LogP contribution in [0.5, 0.6) is 0 Å². The van der Waals surface area contributed by atoms with Crippen molar-refractivity contribution in [2.45, 2.75) is 60.8 Å². The van der Waals surface area contributed by atoms with Gasteiger partial charge < -0.3 is 13.3 Å². The van der Waals surface area contributed by atoms with Crippen LogP contribution in [-0.2, 0) is 13.3 Å². The number of benzene rings is 1. The van der Waals surface area contributed by atoms with Crippen LogP contribution in [0.4, 0.5) is 0 Å². The molecule has 0 saturated carbocycles. The van der Waals surface area contributed by atoms with E-state index in [2.05, 4.69) is 53.7 Å². The Morgan fingerprint density at radius 2 is 1.23 bits per heavy atom. The highest BCUT2D eigenvalue weighted by atomic mass is 28.4. The molecule has 0 heterocycles. The molecule has 4 heteroatoms.